The van der Waals surface area contributed by atoms with Crippen LogP contribution in [0.4, 0.5) is 5.82 Å². The van der Waals surface area contributed by atoms with E-state index in [1.54, 1.807) is 18.4 Å². The summed E-state index contributed by atoms with van der Waals surface area (Å²) in [6, 6.07) is 10.5. The van der Waals surface area contributed by atoms with E-state index in [-0.39, 0.29) is 0 Å². The second-order valence-corrected chi connectivity index (χ2v) is 6.26. The number of nitrogens with zero attached hydrogens (tertiary/aromatic N) is 1. The monoisotopic (exact) mass is 320 g/mol. The predicted molar refractivity (Wildman–Crippen MR) is 92.0 cm³/mol. The Labute approximate surface area is 136 Å². The molecule has 1 N–H and O–H groups in total. The van der Waals surface area contributed by atoms with Crippen molar-refractivity contribution in [3.63, 3.8) is 0 Å². The average Bonchev–Trinajstić information content (AvgIpc) is 2.93. The van der Waals surface area contributed by atoms with Gasteiger partial charge >= 0.3 is 0 Å². The van der Waals surface area contributed by atoms with Crippen LogP contribution >= 0.6 is 11.3 Å². The van der Waals surface area contributed by atoms with Gasteiger partial charge in [0.2, 0.25) is 5.06 Å². The van der Waals surface area contributed by atoms with Crippen molar-refractivity contribution in [1.82, 2.24) is 4.98 Å². The molecule has 0 saturated heterocycles. The van der Waals surface area contributed by atoms with Crippen LogP contribution in [0.3, 0.4) is 0 Å². The Hall–Kier alpha value is -1.59. The number of thiazole rings is 1. The lowest BCUT2D eigenvalue weighted by molar-refractivity contribution is 0.220. The van der Waals surface area contributed by atoms with Gasteiger partial charge in [0.15, 0.2) is 5.82 Å². The lowest BCUT2D eigenvalue weighted by Gasteiger charge is -2.09. The SMILES string of the molecule is CCCOc1sc(CC(C)c2ccccc2)nc1NCOC. The number of hydrogen-bond donors (Lipinski definition) is 1. The maximum Gasteiger partial charge on any atom is 0.219 e. The van der Waals surface area contributed by atoms with E-state index in [9.17, 15) is 0 Å². The fourth-order valence-corrected chi connectivity index (χ4v) is 3.18. The van der Waals surface area contributed by atoms with E-state index in [1.807, 2.05) is 6.07 Å². The summed E-state index contributed by atoms with van der Waals surface area (Å²) in [5, 5.41) is 5.10. The predicted octanol–water partition coefficient (Wildman–Crippen LogP) is 4.29. The number of anilines is 1. The van der Waals surface area contributed by atoms with E-state index in [0.29, 0.717) is 19.3 Å². The van der Waals surface area contributed by atoms with Gasteiger partial charge in [-0.15, -0.1) is 0 Å². The van der Waals surface area contributed by atoms with Crippen LogP contribution in [-0.4, -0.2) is 25.4 Å². The highest BCUT2D eigenvalue weighted by Crippen LogP contribution is 2.34. The Morgan fingerprint density at radius 1 is 1.27 bits per heavy atom. The summed E-state index contributed by atoms with van der Waals surface area (Å²) in [6.45, 7) is 5.46. The van der Waals surface area contributed by atoms with E-state index < -0.39 is 0 Å². The quantitative estimate of drug-likeness (QED) is 0.700. The van der Waals surface area contributed by atoms with Gasteiger partial charge in [-0.25, -0.2) is 4.98 Å². The molecule has 1 aromatic carbocycles. The van der Waals surface area contributed by atoms with Gasteiger partial charge in [0.25, 0.3) is 0 Å². The fraction of sp³-hybridized carbons (Fsp3) is 0.471. The molecule has 0 amide bonds. The third kappa shape index (κ3) is 4.71. The lowest BCUT2D eigenvalue weighted by atomic mass is 9.98. The van der Waals surface area contributed by atoms with E-state index >= 15 is 0 Å². The molecule has 2 rings (SSSR count). The molecule has 1 unspecified atom stereocenters. The average molecular weight is 320 g/mol. The highest BCUT2D eigenvalue weighted by atomic mass is 32.1. The molecule has 0 saturated carbocycles. The molecular formula is C17H24N2O2S. The molecule has 2 aromatic rings. The molecule has 5 heteroatoms. The minimum Gasteiger partial charge on any atom is -0.481 e. The second kappa shape index (κ2) is 8.76. The van der Waals surface area contributed by atoms with Gasteiger partial charge in [0.1, 0.15) is 6.73 Å². The Bertz CT molecular complexity index is 532. The fourth-order valence-electron chi connectivity index (χ4n) is 2.14. The zero-order valence-electron chi connectivity index (χ0n) is 13.5. The molecule has 0 spiro atoms. The van der Waals surface area contributed by atoms with Gasteiger partial charge in [-0.3, -0.25) is 0 Å². The number of methoxy groups -OCH3 is 1. The van der Waals surface area contributed by atoms with Crippen LogP contribution in [0.5, 0.6) is 5.06 Å². The highest BCUT2D eigenvalue weighted by Gasteiger charge is 2.15. The minimum absolute atomic E-state index is 0.430. The normalized spacial score (nSPS) is 12.1. The van der Waals surface area contributed by atoms with Crippen LogP contribution in [0, 0.1) is 0 Å². The van der Waals surface area contributed by atoms with Crippen molar-refractivity contribution >= 4 is 17.2 Å². The molecule has 0 fully saturated rings. The second-order valence-electron chi connectivity index (χ2n) is 5.22. The molecule has 0 aliphatic heterocycles. The maximum absolute atomic E-state index is 5.79. The van der Waals surface area contributed by atoms with Gasteiger partial charge < -0.3 is 14.8 Å². The number of aromatic nitrogens is 1. The summed E-state index contributed by atoms with van der Waals surface area (Å²) in [6.07, 6.45) is 1.89. The molecule has 22 heavy (non-hydrogen) atoms. The first kappa shape index (κ1) is 16.8. The molecule has 120 valence electrons. The van der Waals surface area contributed by atoms with E-state index in [4.69, 9.17) is 9.47 Å². The summed E-state index contributed by atoms with van der Waals surface area (Å²) in [5.41, 5.74) is 1.33. The molecule has 4 nitrogen and oxygen atoms in total. The summed E-state index contributed by atoms with van der Waals surface area (Å²) < 4.78 is 10.9. The zero-order chi connectivity index (χ0) is 15.8. The Kier molecular flexibility index (Phi) is 6.68. The van der Waals surface area contributed by atoms with Gasteiger partial charge in [-0.2, -0.15) is 0 Å². The number of benzene rings is 1. The van der Waals surface area contributed by atoms with Crippen molar-refractivity contribution in [2.75, 3.05) is 25.8 Å². The van der Waals surface area contributed by atoms with Gasteiger partial charge in [0, 0.05) is 13.5 Å². The van der Waals surface area contributed by atoms with Crippen LogP contribution in [-0.2, 0) is 11.2 Å². The third-order valence-corrected chi connectivity index (χ3v) is 4.30. The Balaban J connectivity index is 2.08. The number of ether oxygens (including phenoxy) is 2. The van der Waals surface area contributed by atoms with Crippen molar-refractivity contribution in [1.29, 1.82) is 0 Å². The van der Waals surface area contributed by atoms with Gasteiger partial charge in [-0.05, 0) is 17.9 Å². The summed E-state index contributed by atoms with van der Waals surface area (Å²) in [4.78, 5) is 4.67. The Morgan fingerprint density at radius 2 is 2.05 bits per heavy atom. The van der Waals surface area contributed by atoms with Crippen LogP contribution < -0.4 is 10.1 Å². The van der Waals surface area contributed by atoms with Crippen molar-refractivity contribution < 1.29 is 9.47 Å². The molecule has 0 radical (unpaired) electrons. The molecule has 1 aromatic heterocycles. The number of rotatable bonds is 9. The summed E-state index contributed by atoms with van der Waals surface area (Å²) >= 11 is 1.62. The molecule has 0 bridgehead atoms. The topological polar surface area (TPSA) is 43.4 Å². The van der Waals surface area contributed by atoms with Gasteiger partial charge in [0.05, 0.1) is 11.6 Å². The number of nitrogens with one attached hydrogen (secondary N) is 1. The van der Waals surface area contributed by atoms with Crippen LogP contribution in [0.15, 0.2) is 30.3 Å². The smallest absolute Gasteiger partial charge is 0.219 e. The lowest BCUT2D eigenvalue weighted by Crippen LogP contribution is -2.05. The van der Waals surface area contributed by atoms with Crippen molar-refractivity contribution in [2.24, 2.45) is 0 Å². The summed E-state index contributed by atoms with van der Waals surface area (Å²) in [7, 11) is 1.66. The first-order valence-corrected chi connectivity index (χ1v) is 8.46. The van der Waals surface area contributed by atoms with Crippen molar-refractivity contribution in [3.8, 4) is 5.06 Å². The summed E-state index contributed by atoms with van der Waals surface area (Å²) in [5.74, 6) is 1.22. The molecular weight excluding hydrogens is 296 g/mol. The first-order chi connectivity index (χ1) is 10.7. The van der Waals surface area contributed by atoms with Crippen LogP contribution in [0.2, 0.25) is 0 Å². The minimum atomic E-state index is 0.430. The van der Waals surface area contributed by atoms with E-state index in [0.717, 1.165) is 28.7 Å². The van der Waals surface area contributed by atoms with Crippen molar-refractivity contribution in [2.45, 2.75) is 32.6 Å². The van der Waals surface area contributed by atoms with Crippen molar-refractivity contribution in [3.05, 3.63) is 40.9 Å². The van der Waals surface area contributed by atoms with Crippen LogP contribution in [0.1, 0.15) is 36.8 Å². The highest BCUT2D eigenvalue weighted by molar-refractivity contribution is 7.14. The number of hydrogen-bond acceptors (Lipinski definition) is 5. The molecule has 0 aliphatic carbocycles. The first-order valence-electron chi connectivity index (χ1n) is 7.64. The third-order valence-electron chi connectivity index (χ3n) is 3.31. The molecule has 1 heterocycles. The van der Waals surface area contributed by atoms with E-state index in [1.165, 1.54) is 5.56 Å². The maximum atomic E-state index is 5.79. The standard InChI is InChI=1S/C17H24N2O2S/c1-4-10-21-17-16(18-12-20-3)19-15(22-17)11-13(2)14-8-6-5-7-9-14/h5-9,13,18H,4,10-12H2,1-3H3. The van der Waals surface area contributed by atoms with Gasteiger partial charge in [-0.1, -0.05) is 55.5 Å². The largest absolute Gasteiger partial charge is 0.481 e. The van der Waals surface area contributed by atoms with Crippen LogP contribution in [0.25, 0.3) is 0 Å². The Morgan fingerprint density at radius 3 is 2.73 bits per heavy atom. The molecule has 0 aliphatic rings. The van der Waals surface area contributed by atoms with E-state index in [2.05, 4.69) is 48.4 Å². The molecule has 1 atom stereocenters. The zero-order valence-corrected chi connectivity index (χ0v) is 14.3.